The Kier molecular flexibility index (Phi) is 5.93. The fourth-order valence-electron chi connectivity index (χ4n) is 4.45. The van der Waals surface area contributed by atoms with Crippen LogP contribution >= 0.6 is 0 Å². The Bertz CT molecular complexity index is 1410. The predicted molar refractivity (Wildman–Crippen MR) is 124 cm³/mol. The lowest BCUT2D eigenvalue weighted by atomic mass is 10.1. The lowest BCUT2D eigenvalue weighted by Crippen LogP contribution is -2.32. The molecule has 1 atom stereocenters. The van der Waals surface area contributed by atoms with Gasteiger partial charge in [0.05, 0.1) is 29.7 Å². The molecule has 1 amide bonds. The van der Waals surface area contributed by atoms with E-state index in [1.807, 2.05) is 0 Å². The predicted octanol–water partition coefficient (Wildman–Crippen LogP) is 1.44. The SMILES string of the molecule is Cc1nc2ccc(F)c(CCNC[C@@H]3CN(c4ccc5c(n4)CC(=O)CO5)C(=O)O3)c2n(C)c1=O. The van der Waals surface area contributed by atoms with Gasteiger partial charge in [-0.3, -0.25) is 14.5 Å². The minimum atomic E-state index is -0.524. The fraction of sp³-hybridized carbons (Fsp3) is 0.375. The largest absolute Gasteiger partial charge is 0.484 e. The maximum absolute atomic E-state index is 14.6. The Morgan fingerprint density at radius 2 is 2.00 bits per heavy atom. The number of carbonyl (C=O) groups excluding carboxylic acids is 2. The maximum Gasteiger partial charge on any atom is 0.415 e. The van der Waals surface area contributed by atoms with Crippen molar-refractivity contribution in [2.45, 2.75) is 25.9 Å². The number of hydrogen-bond acceptors (Lipinski definition) is 8. The Hall–Kier alpha value is -3.86. The van der Waals surface area contributed by atoms with Gasteiger partial charge >= 0.3 is 6.09 Å². The topological polar surface area (TPSA) is 116 Å². The number of fused-ring (bicyclic) bond motifs is 2. The maximum atomic E-state index is 14.6. The number of aromatic nitrogens is 3. The summed E-state index contributed by atoms with van der Waals surface area (Å²) in [5.41, 5.74) is 2.04. The van der Waals surface area contributed by atoms with Gasteiger partial charge in [0.15, 0.2) is 5.78 Å². The monoisotopic (exact) mass is 481 g/mol. The summed E-state index contributed by atoms with van der Waals surface area (Å²) in [5.74, 6) is 0.472. The molecule has 1 N–H and O–H groups in total. The van der Waals surface area contributed by atoms with E-state index in [-0.39, 0.29) is 30.9 Å². The van der Waals surface area contributed by atoms with E-state index in [0.29, 0.717) is 59.1 Å². The van der Waals surface area contributed by atoms with E-state index in [4.69, 9.17) is 9.47 Å². The number of carbonyl (C=O) groups is 2. The van der Waals surface area contributed by atoms with Crippen LogP contribution in [0.1, 0.15) is 17.0 Å². The second kappa shape index (κ2) is 9.06. The van der Waals surface area contributed by atoms with Crippen LogP contribution in [0, 0.1) is 12.7 Å². The number of cyclic esters (lactones) is 1. The van der Waals surface area contributed by atoms with Crippen LogP contribution in [0.25, 0.3) is 11.0 Å². The summed E-state index contributed by atoms with van der Waals surface area (Å²) >= 11 is 0. The van der Waals surface area contributed by atoms with E-state index in [1.54, 1.807) is 32.2 Å². The van der Waals surface area contributed by atoms with Crippen LogP contribution in [0.3, 0.4) is 0 Å². The molecule has 2 aliphatic rings. The first kappa shape index (κ1) is 22.9. The quantitative estimate of drug-likeness (QED) is 0.526. The molecule has 0 unspecified atom stereocenters. The van der Waals surface area contributed by atoms with E-state index in [1.165, 1.54) is 15.5 Å². The number of nitrogens with one attached hydrogen (secondary N) is 1. The third kappa shape index (κ3) is 4.34. The number of halogens is 1. The zero-order chi connectivity index (χ0) is 24.7. The molecule has 11 heteroatoms. The number of ether oxygens (including phenoxy) is 2. The molecule has 2 aliphatic heterocycles. The summed E-state index contributed by atoms with van der Waals surface area (Å²) in [6.45, 7) is 2.71. The van der Waals surface area contributed by atoms with Crippen molar-refractivity contribution in [2.24, 2.45) is 7.05 Å². The third-order valence-electron chi connectivity index (χ3n) is 6.19. The minimum Gasteiger partial charge on any atom is -0.484 e. The number of pyridine rings is 1. The molecule has 5 rings (SSSR count). The molecular weight excluding hydrogens is 457 g/mol. The average molecular weight is 481 g/mol. The minimum absolute atomic E-state index is 0.0304. The van der Waals surface area contributed by atoms with Gasteiger partial charge in [-0.1, -0.05) is 0 Å². The van der Waals surface area contributed by atoms with Crippen molar-refractivity contribution in [1.29, 1.82) is 0 Å². The van der Waals surface area contributed by atoms with Crippen molar-refractivity contribution in [1.82, 2.24) is 19.9 Å². The molecule has 4 heterocycles. The number of aryl methyl sites for hydroxylation is 2. The van der Waals surface area contributed by atoms with Gasteiger partial charge in [-0.15, -0.1) is 0 Å². The molecule has 1 fully saturated rings. The summed E-state index contributed by atoms with van der Waals surface area (Å²) in [6, 6.07) is 6.28. The number of hydrogen-bond donors (Lipinski definition) is 1. The highest BCUT2D eigenvalue weighted by molar-refractivity contribution is 5.89. The Balaban J connectivity index is 1.22. The van der Waals surface area contributed by atoms with Crippen LogP contribution in [0.4, 0.5) is 15.0 Å². The highest BCUT2D eigenvalue weighted by Crippen LogP contribution is 2.27. The number of nitrogens with zero attached hydrogens (tertiary/aromatic N) is 4. The molecule has 0 radical (unpaired) electrons. The number of anilines is 1. The fourth-order valence-corrected chi connectivity index (χ4v) is 4.45. The molecule has 0 aliphatic carbocycles. The van der Waals surface area contributed by atoms with E-state index < -0.39 is 18.0 Å². The highest BCUT2D eigenvalue weighted by atomic mass is 19.1. The molecule has 0 saturated carbocycles. The molecule has 0 bridgehead atoms. The van der Waals surface area contributed by atoms with E-state index in [0.717, 1.165) is 0 Å². The number of Topliss-reactive ketones (excluding diaryl/α,β-unsaturated/α-hetero) is 1. The zero-order valence-corrected chi connectivity index (χ0v) is 19.3. The molecule has 35 heavy (non-hydrogen) atoms. The Labute approximate surface area is 199 Å². The van der Waals surface area contributed by atoms with Crippen molar-refractivity contribution in [2.75, 3.05) is 31.1 Å². The second-order valence-electron chi connectivity index (χ2n) is 8.64. The first-order valence-electron chi connectivity index (χ1n) is 11.3. The summed E-state index contributed by atoms with van der Waals surface area (Å²) in [7, 11) is 1.61. The van der Waals surface area contributed by atoms with Gasteiger partial charge in [0.25, 0.3) is 5.56 Å². The lowest BCUT2D eigenvalue weighted by Gasteiger charge is -2.18. The molecule has 0 spiro atoms. The van der Waals surface area contributed by atoms with Gasteiger partial charge in [0, 0.05) is 19.2 Å². The highest BCUT2D eigenvalue weighted by Gasteiger charge is 2.33. The second-order valence-corrected chi connectivity index (χ2v) is 8.64. The van der Waals surface area contributed by atoms with E-state index in [9.17, 15) is 18.8 Å². The van der Waals surface area contributed by atoms with Crippen LogP contribution in [0.2, 0.25) is 0 Å². The number of rotatable bonds is 6. The summed E-state index contributed by atoms with van der Waals surface area (Å²) in [5, 5.41) is 3.20. The molecule has 182 valence electrons. The number of ketones is 1. The third-order valence-corrected chi connectivity index (χ3v) is 6.19. The summed E-state index contributed by atoms with van der Waals surface area (Å²) < 4.78 is 26.8. The first-order chi connectivity index (χ1) is 16.8. The van der Waals surface area contributed by atoms with Crippen molar-refractivity contribution >= 4 is 28.7 Å². The van der Waals surface area contributed by atoms with Gasteiger partial charge in [-0.25, -0.2) is 19.2 Å². The molecule has 3 aromatic rings. The summed E-state index contributed by atoms with van der Waals surface area (Å²) in [4.78, 5) is 46.5. The van der Waals surface area contributed by atoms with Gasteiger partial charge in [-0.2, -0.15) is 0 Å². The molecule has 1 aromatic carbocycles. The van der Waals surface area contributed by atoms with Crippen molar-refractivity contribution in [3.05, 3.63) is 57.4 Å². The van der Waals surface area contributed by atoms with Crippen molar-refractivity contribution in [3.63, 3.8) is 0 Å². The van der Waals surface area contributed by atoms with Crippen molar-refractivity contribution in [3.8, 4) is 5.75 Å². The number of benzene rings is 1. The standard InChI is InChI=1S/C24H24FN5O5/c1-13-23(32)29(2)22-16(17(25)3-4-18(22)27-13)7-8-26-10-15-11-30(24(33)35-15)21-6-5-20-19(28-21)9-14(31)12-34-20/h3-6,15,26H,7-12H2,1-2H3/t15-/m1/s1. The lowest BCUT2D eigenvalue weighted by molar-refractivity contribution is -0.121. The van der Waals surface area contributed by atoms with Crippen molar-refractivity contribution < 1.29 is 23.5 Å². The molecule has 1 saturated heterocycles. The van der Waals surface area contributed by atoms with Gasteiger partial charge in [-0.05, 0) is 44.2 Å². The van der Waals surface area contributed by atoms with E-state index >= 15 is 0 Å². The molecule has 10 nitrogen and oxygen atoms in total. The van der Waals surface area contributed by atoms with Gasteiger partial charge < -0.3 is 19.4 Å². The summed E-state index contributed by atoms with van der Waals surface area (Å²) in [6.07, 6.45) is -0.456. The smallest absolute Gasteiger partial charge is 0.415 e. The Morgan fingerprint density at radius 1 is 1.17 bits per heavy atom. The van der Waals surface area contributed by atoms with Crippen LogP contribution in [0.15, 0.2) is 29.1 Å². The Morgan fingerprint density at radius 3 is 2.83 bits per heavy atom. The van der Waals surface area contributed by atoms with Crippen LogP contribution in [0.5, 0.6) is 5.75 Å². The van der Waals surface area contributed by atoms with Crippen LogP contribution in [-0.4, -0.2) is 58.8 Å². The van der Waals surface area contributed by atoms with Gasteiger partial charge in [0.1, 0.15) is 35.8 Å². The normalized spacial score (nSPS) is 17.5. The first-order valence-corrected chi connectivity index (χ1v) is 11.3. The zero-order valence-electron chi connectivity index (χ0n) is 19.3. The van der Waals surface area contributed by atoms with E-state index in [2.05, 4.69) is 15.3 Å². The average Bonchev–Trinajstić information content (AvgIpc) is 3.21. The molecular formula is C24H24FN5O5. The van der Waals surface area contributed by atoms with Crippen LogP contribution < -0.4 is 20.5 Å². The number of amides is 1. The van der Waals surface area contributed by atoms with Gasteiger partial charge in [0.2, 0.25) is 0 Å². The van der Waals surface area contributed by atoms with Crippen LogP contribution in [-0.2, 0) is 29.4 Å². The molecule has 2 aromatic heterocycles.